The third-order valence-electron chi connectivity index (χ3n) is 5.25. The third-order valence-corrected chi connectivity index (χ3v) is 5.25. The van der Waals surface area contributed by atoms with Crippen molar-refractivity contribution >= 4 is 23.2 Å². The average Bonchev–Trinajstić information content (AvgIpc) is 2.77. The molecule has 2 atom stereocenters. The van der Waals surface area contributed by atoms with Gasteiger partial charge in [-0.15, -0.1) is 0 Å². The van der Waals surface area contributed by atoms with Crippen molar-refractivity contribution in [3.8, 4) is 0 Å². The fourth-order valence-corrected chi connectivity index (χ4v) is 3.58. The van der Waals surface area contributed by atoms with Crippen LogP contribution in [0.4, 0.5) is 10.1 Å². The molecule has 3 rings (SSSR count). The van der Waals surface area contributed by atoms with Gasteiger partial charge in [-0.2, -0.15) is 0 Å². The summed E-state index contributed by atoms with van der Waals surface area (Å²) in [6, 6.07) is 22.7. The van der Waals surface area contributed by atoms with Crippen molar-refractivity contribution in [2.75, 3.05) is 5.32 Å². The van der Waals surface area contributed by atoms with Gasteiger partial charge in [-0.05, 0) is 42.0 Å². The van der Waals surface area contributed by atoms with Gasteiger partial charge in [-0.25, -0.2) is 4.39 Å². The van der Waals surface area contributed by atoms with Gasteiger partial charge in [0.2, 0.25) is 5.91 Å². The van der Waals surface area contributed by atoms with Crippen molar-refractivity contribution in [1.29, 1.82) is 0 Å². The summed E-state index contributed by atoms with van der Waals surface area (Å²) in [4.78, 5) is 40.6. The highest BCUT2D eigenvalue weighted by molar-refractivity contribution is 6.15. The molecular weight excluding hydrogens is 405 g/mol. The second-order valence-electron chi connectivity index (χ2n) is 8.71. The Morgan fingerprint density at radius 3 is 1.84 bits per heavy atom. The lowest BCUT2D eigenvalue weighted by molar-refractivity contribution is -0.137. The van der Waals surface area contributed by atoms with E-state index in [2.05, 4.69) is 5.32 Å². The highest BCUT2D eigenvalue weighted by Gasteiger charge is 2.44. The number of anilines is 1. The molecule has 0 aromatic heterocycles. The molecule has 4 nitrogen and oxygen atoms in total. The molecule has 1 amide bonds. The van der Waals surface area contributed by atoms with Crippen LogP contribution in [0.25, 0.3) is 0 Å². The largest absolute Gasteiger partial charge is 0.325 e. The summed E-state index contributed by atoms with van der Waals surface area (Å²) in [5.41, 5.74) is 0.451. The van der Waals surface area contributed by atoms with Crippen molar-refractivity contribution < 1.29 is 18.8 Å². The molecule has 0 saturated heterocycles. The van der Waals surface area contributed by atoms with Crippen molar-refractivity contribution in [3.63, 3.8) is 0 Å². The predicted octanol–water partition coefficient (Wildman–Crippen LogP) is 5.66. The van der Waals surface area contributed by atoms with E-state index < -0.39 is 34.8 Å². The molecule has 32 heavy (non-hydrogen) atoms. The van der Waals surface area contributed by atoms with Crippen LogP contribution in [0.1, 0.15) is 42.6 Å². The van der Waals surface area contributed by atoms with Gasteiger partial charge in [0.25, 0.3) is 0 Å². The minimum atomic E-state index is -1.27. The zero-order valence-electron chi connectivity index (χ0n) is 18.3. The van der Waals surface area contributed by atoms with Crippen LogP contribution in [0.2, 0.25) is 0 Å². The maximum atomic E-state index is 13.6. The van der Waals surface area contributed by atoms with Crippen LogP contribution < -0.4 is 5.32 Å². The summed E-state index contributed by atoms with van der Waals surface area (Å²) in [6.07, 6.45) is 0. The molecule has 0 aliphatic heterocycles. The lowest BCUT2D eigenvalue weighted by Crippen LogP contribution is -2.42. The van der Waals surface area contributed by atoms with Crippen molar-refractivity contribution in [1.82, 2.24) is 0 Å². The highest BCUT2D eigenvalue weighted by Crippen LogP contribution is 2.35. The molecule has 2 unspecified atom stereocenters. The lowest BCUT2D eigenvalue weighted by Gasteiger charge is -2.30. The Labute approximate surface area is 187 Å². The smallest absolute Gasteiger partial charge is 0.236 e. The summed E-state index contributed by atoms with van der Waals surface area (Å²) in [6.45, 7) is 5.17. The minimum absolute atomic E-state index is 0.236. The summed E-state index contributed by atoms with van der Waals surface area (Å²) < 4.78 is 13.5. The molecule has 0 heterocycles. The van der Waals surface area contributed by atoms with Gasteiger partial charge in [-0.3, -0.25) is 14.4 Å². The van der Waals surface area contributed by atoms with Crippen molar-refractivity contribution in [3.05, 3.63) is 102 Å². The normalized spacial score (nSPS) is 13.1. The number of ketones is 2. The van der Waals surface area contributed by atoms with Crippen LogP contribution in [0.3, 0.4) is 0 Å². The number of para-hydroxylation sites is 1. The Hall–Kier alpha value is -3.60. The second kappa shape index (κ2) is 9.69. The van der Waals surface area contributed by atoms with Crippen LogP contribution in [-0.2, 0) is 9.59 Å². The van der Waals surface area contributed by atoms with Gasteiger partial charge in [0.15, 0.2) is 11.6 Å². The number of carbonyl (C=O) groups is 3. The molecular formula is C27H26FNO3. The zero-order chi connectivity index (χ0) is 23.3. The molecule has 0 spiro atoms. The molecule has 1 N–H and O–H groups in total. The molecule has 0 radical (unpaired) electrons. The van der Waals surface area contributed by atoms with Crippen molar-refractivity contribution in [2.24, 2.45) is 11.3 Å². The molecule has 3 aromatic carbocycles. The molecule has 0 aliphatic rings. The first-order chi connectivity index (χ1) is 15.2. The van der Waals surface area contributed by atoms with Crippen LogP contribution >= 0.6 is 0 Å². The van der Waals surface area contributed by atoms with Crippen molar-refractivity contribution in [2.45, 2.75) is 26.7 Å². The number of rotatable bonds is 7. The third kappa shape index (κ3) is 5.35. The van der Waals surface area contributed by atoms with Crippen LogP contribution in [0, 0.1) is 17.2 Å². The minimum Gasteiger partial charge on any atom is -0.325 e. The summed E-state index contributed by atoms with van der Waals surface area (Å²) >= 11 is 0. The standard InChI is InChI=1S/C27H26FNO3/c1-27(2,3)25(31)23(26(32)29-21-12-8-5-9-13-21)22(18-10-6-4-7-11-18)24(30)19-14-16-20(28)17-15-19/h4-17,22-23H,1-3H3,(H,29,32). The molecule has 0 aliphatic carbocycles. The fourth-order valence-electron chi connectivity index (χ4n) is 3.58. The van der Waals surface area contributed by atoms with E-state index >= 15 is 0 Å². The van der Waals surface area contributed by atoms with Gasteiger partial charge in [0, 0.05) is 16.7 Å². The van der Waals surface area contributed by atoms with Gasteiger partial charge in [-0.1, -0.05) is 69.3 Å². The Morgan fingerprint density at radius 2 is 1.31 bits per heavy atom. The molecule has 164 valence electrons. The highest BCUT2D eigenvalue weighted by atomic mass is 19.1. The number of hydrogen-bond donors (Lipinski definition) is 1. The van der Waals surface area contributed by atoms with Gasteiger partial charge in [0.1, 0.15) is 11.7 Å². The number of carbonyl (C=O) groups excluding carboxylic acids is 3. The van der Waals surface area contributed by atoms with Gasteiger partial charge >= 0.3 is 0 Å². The Balaban J connectivity index is 2.12. The number of Topliss-reactive ketones (excluding diaryl/α,β-unsaturated/α-hetero) is 2. The van der Waals surface area contributed by atoms with Gasteiger partial charge < -0.3 is 5.32 Å². The number of nitrogens with one attached hydrogen (secondary N) is 1. The molecule has 0 fully saturated rings. The Bertz CT molecular complexity index is 1090. The summed E-state index contributed by atoms with van der Waals surface area (Å²) in [7, 11) is 0. The van der Waals surface area contributed by atoms with Crippen LogP contribution in [0.15, 0.2) is 84.9 Å². The van der Waals surface area contributed by atoms with E-state index in [9.17, 15) is 18.8 Å². The molecule has 5 heteroatoms. The Morgan fingerprint density at radius 1 is 0.781 bits per heavy atom. The quantitative estimate of drug-likeness (QED) is 0.388. The van der Waals surface area contributed by atoms with E-state index in [0.717, 1.165) is 0 Å². The van der Waals surface area contributed by atoms with E-state index in [4.69, 9.17) is 0 Å². The number of halogens is 1. The maximum absolute atomic E-state index is 13.6. The summed E-state index contributed by atoms with van der Waals surface area (Å²) in [5.74, 6) is -4.12. The number of amides is 1. The van der Waals surface area contributed by atoms with E-state index in [1.54, 1.807) is 75.4 Å². The maximum Gasteiger partial charge on any atom is 0.236 e. The van der Waals surface area contributed by atoms with Crippen LogP contribution in [-0.4, -0.2) is 17.5 Å². The molecule has 3 aromatic rings. The monoisotopic (exact) mass is 431 g/mol. The first-order valence-electron chi connectivity index (χ1n) is 10.4. The predicted molar refractivity (Wildman–Crippen MR) is 123 cm³/mol. The fraction of sp³-hybridized carbons (Fsp3) is 0.222. The number of benzene rings is 3. The molecule has 0 saturated carbocycles. The average molecular weight is 432 g/mol. The first-order valence-corrected chi connectivity index (χ1v) is 10.4. The second-order valence-corrected chi connectivity index (χ2v) is 8.71. The van der Waals surface area contributed by atoms with E-state index in [1.165, 1.54) is 24.3 Å². The van der Waals surface area contributed by atoms with Crippen LogP contribution in [0.5, 0.6) is 0 Å². The Kier molecular flexibility index (Phi) is 6.98. The molecule has 0 bridgehead atoms. The van der Waals surface area contributed by atoms with E-state index in [0.29, 0.717) is 11.3 Å². The van der Waals surface area contributed by atoms with E-state index in [1.807, 2.05) is 6.07 Å². The zero-order valence-corrected chi connectivity index (χ0v) is 18.3. The SMILES string of the molecule is CC(C)(C)C(=O)C(C(=O)Nc1ccccc1)C(C(=O)c1ccc(F)cc1)c1ccccc1. The number of hydrogen-bond acceptors (Lipinski definition) is 3. The first kappa shape index (κ1) is 23.1. The van der Waals surface area contributed by atoms with Gasteiger partial charge in [0.05, 0.1) is 5.92 Å². The topological polar surface area (TPSA) is 63.2 Å². The summed E-state index contributed by atoms with van der Waals surface area (Å²) in [5, 5.41) is 2.79. The van der Waals surface area contributed by atoms with E-state index in [-0.39, 0.29) is 11.3 Å². The lowest BCUT2D eigenvalue weighted by atomic mass is 9.71.